The highest BCUT2D eigenvalue weighted by molar-refractivity contribution is 6.46. The molecule has 0 saturated carbocycles. The SMILES string of the molecule is CCOc1cccc(C2/C(=C(\O)c3ccc(OCc4ccccc4)c(C)c3)C(=O)C(=O)N2Cc2ccccc2OC)c1. The molecule has 1 N–H and O–H groups in total. The van der Waals surface area contributed by atoms with Gasteiger partial charge in [0.05, 0.1) is 31.9 Å². The maximum Gasteiger partial charge on any atom is 0.295 e. The minimum absolute atomic E-state index is 0.0147. The van der Waals surface area contributed by atoms with E-state index in [0.717, 1.165) is 16.7 Å². The van der Waals surface area contributed by atoms with E-state index in [1.165, 1.54) is 4.90 Å². The Kier molecular flexibility index (Phi) is 8.58. The molecular weight excluding hydrogens is 530 g/mol. The molecule has 1 aliphatic heterocycles. The Bertz CT molecular complexity index is 1630. The lowest BCUT2D eigenvalue weighted by Gasteiger charge is -2.26. The molecule has 0 aromatic heterocycles. The van der Waals surface area contributed by atoms with Crippen LogP contribution in [0.4, 0.5) is 0 Å². The van der Waals surface area contributed by atoms with Crippen LogP contribution < -0.4 is 14.2 Å². The van der Waals surface area contributed by atoms with Gasteiger partial charge in [-0.25, -0.2) is 0 Å². The minimum Gasteiger partial charge on any atom is -0.507 e. The number of aliphatic hydroxyl groups is 1. The molecule has 0 aliphatic carbocycles. The number of hydrogen-bond acceptors (Lipinski definition) is 6. The van der Waals surface area contributed by atoms with Crippen LogP contribution in [0, 0.1) is 6.92 Å². The zero-order valence-corrected chi connectivity index (χ0v) is 23.9. The summed E-state index contributed by atoms with van der Waals surface area (Å²) in [6.45, 7) is 4.73. The zero-order chi connectivity index (χ0) is 29.6. The molecule has 0 spiro atoms. The predicted octanol–water partition coefficient (Wildman–Crippen LogP) is 6.60. The fourth-order valence-electron chi connectivity index (χ4n) is 5.20. The van der Waals surface area contributed by atoms with Gasteiger partial charge in [0, 0.05) is 11.1 Å². The number of benzene rings is 4. The number of ketones is 1. The van der Waals surface area contributed by atoms with Crippen molar-refractivity contribution in [1.82, 2.24) is 4.90 Å². The van der Waals surface area contributed by atoms with Gasteiger partial charge in [-0.15, -0.1) is 0 Å². The number of para-hydroxylation sites is 1. The number of rotatable bonds is 10. The van der Waals surface area contributed by atoms with Gasteiger partial charge in [0.2, 0.25) is 0 Å². The van der Waals surface area contributed by atoms with E-state index in [1.807, 2.05) is 80.6 Å². The molecule has 0 bridgehead atoms. The van der Waals surface area contributed by atoms with Gasteiger partial charge in [0.15, 0.2) is 0 Å². The van der Waals surface area contributed by atoms with Gasteiger partial charge in [-0.05, 0) is 66.9 Å². The summed E-state index contributed by atoms with van der Waals surface area (Å²) in [4.78, 5) is 28.6. The van der Waals surface area contributed by atoms with Crippen LogP contribution in [0.2, 0.25) is 0 Å². The first-order chi connectivity index (χ1) is 20.4. The predicted molar refractivity (Wildman–Crippen MR) is 160 cm³/mol. The smallest absolute Gasteiger partial charge is 0.295 e. The van der Waals surface area contributed by atoms with Gasteiger partial charge < -0.3 is 24.2 Å². The van der Waals surface area contributed by atoms with E-state index in [-0.39, 0.29) is 17.9 Å². The highest BCUT2D eigenvalue weighted by Crippen LogP contribution is 2.42. The summed E-state index contributed by atoms with van der Waals surface area (Å²) in [7, 11) is 1.56. The number of methoxy groups -OCH3 is 1. The Morgan fingerprint density at radius 3 is 2.36 bits per heavy atom. The van der Waals surface area contributed by atoms with Gasteiger partial charge in [-0.2, -0.15) is 0 Å². The first kappa shape index (κ1) is 28.5. The van der Waals surface area contributed by atoms with E-state index in [2.05, 4.69) is 0 Å². The van der Waals surface area contributed by atoms with Crippen molar-refractivity contribution >= 4 is 17.4 Å². The molecule has 42 heavy (non-hydrogen) atoms. The van der Waals surface area contributed by atoms with E-state index in [9.17, 15) is 14.7 Å². The Labute approximate surface area is 245 Å². The number of ether oxygens (including phenoxy) is 3. The van der Waals surface area contributed by atoms with Crippen molar-refractivity contribution in [3.8, 4) is 17.2 Å². The number of likely N-dealkylation sites (tertiary alicyclic amines) is 1. The Hall–Kier alpha value is -5.04. The molecule has 1 heterocycles. The van der Waals surface area contributed by atoms with Crippen LogP contribution in [0.1, 0.15) is 40.8 Å². The minimum atomic E-state index is -0.843. The van der Waals surface area contributed by atoms with Crippen molar-refractivity contribution in [3.05, 3.63) is 130 Å². The molecule has 1 amide bonds. The molecule has 7 heteroatoms. The molecule has 4 aromatic rings. The fraction of sp³-hybridized carbons (Fsp3) is 0.200. The highest BCUT2D eigenvalue weighted by Gasteiger charge is 2.46. The molecule has 1 unspecified atom stereocenters. The highest BCUT2D eigenvalue weighted by atomic mass is 16.5. The first-order valence-electron chi connectivity index (χ1n) is 13.8. The van der Waals surface area contributed by atoms with Crippen molar-refractivity contribution in [3.63, 3.8) is 0 Å². The number of hydrogen-bond donors (Lipinski definition) is 1. The average Bonchev–Trinajstić information content (AvgIpc) is 3.26. The number of nitrogens with zero attached hydrogens (tertiary/aromatic N) is 1. The second kappa shape index (κ2) is 12.6. The first-order valence-corrected chi connectivity index (χ1v) is 13.8. The molecule has 214 valence electrons. The Morgan fingerprint density at radius 1 is 0.857 bits per heavy atom. The van der Waals surface area contributed by atoms with E-state index < -0.39 is 17.7 Å². The number of carbonyl (C=O) groups excluding carboxylic acids is 2. The lowest BCUT2D eigenvalue weighted by Crippen LogP contribution is -2.29. The summed E-state index contributed by atoms with van der Waals surface area (Å²) in [5, 5.41) is 11.6. The van der Waals surface area contributed by atoms with Crippen molar-refractivity contribution in [2.24, 2.45) is 0 Å². The van der Waals surface area contributed by atoms with Crippen LogP contribution in [0.15, 0.2) is 103 Å². The third-order valence-electron chi connectivity index (χ3n) is 7.24. The van der Waals surface area contributed by atoms with E-state index in [0.29, 0.717) is 41.6 Å². The molecule has 1 aliphatic rings. The number of carbonyl (C=O) groups is 2. The van der Waals surface area contributed by atoms with Gasteiger partial charge >= 0.3 is 0 Å². The molecular formula is C35H33NO6. The molecule has 5 rings (SSSR count). The molecule has 1 saturated heterocycles. The van der Waals surface area contributed by atoms with Crippen molar-refractivity contribution in [1.29, 1.82) is 0 Å². The van der Waals surface area contributed by atoms with E-state index in [1.54, 1.807) is 37.4 Å². The second-order valence-corrected chi connectivity index (χ2v) is 10.00. The van der Waals surface area contributed by atoms with Gasteiger partial charge in [-0.1, -0.05) is 60.7 Å². The van der Waals surface area contributed by atoms with Crippen LogP contribution >= 0.6 is 0 Å². The second-order valence-electron chi connectivity index (χ2n) is 10.00. The van der Waals surface area contributed by atoms with Crippen LogP contribution in [-0.2, 0) is 22.7 Å². The average molecular weight is 564 g/mol. The quantitative estimate of drug-likeness (QED) is 0.133. The Morgan fingerprint density at radius 2 is 1.62 bits per heavy atom. The van der Waals surface area contributed by atoms with Gasteiger partial charge in [0.1, 0.15) is 29.6 Å². The number of aliphatic hydroxyl groups excluding tert-OH is 1. The van der Waals surface area contributed by atoms with Gasteiger partial charge in [-0.3, -0.25) is 9.59 Å². The summed E-state index contributed by atoms with van der Waals surface area (Å²) in [5.41, 5.74) is 3.64. The largest absolute Gasteiger partial charge is 0.507 e. The van der Waals surface area contributed by atoms with Crippen LogP contribution in [0.5, 0.6) is 17.2 Å². The van der Waals surface area contributed by atoms with E-state index >= 15 is 0 Å². The lowest BCUT2D eigenvalue weighted by atomic mass is 9.94. The zero-order valence-electron chi connectivity index (χ0n) is 23.9. The van der Waals surface area contributed by atoms with Crippen LogP contribution in [0.3, 0.4) is 0 Å². The summed E-state index contributed by atoms with van der Waals surface area (Å²) < 4.78 is 17.2. The molecule has 0 radical (unpaired) electrons. The topological polar surface area (TPSA) is 85.3 Å². The van der Waals surface area contributed by atoms with Crippen LogP contribution in [0.25, 0.3) is 5.76 Å². The number of aryl methyl sites for hydroxylation is 1. The van der Waals surface area contributed by atoms with Crippen molar-refractivity contribution in [2.45, 2.75) is 33.0 Å². The standard InChI is InChI=1S/C35H33NO6/c1-4-41-28-15-10-14-25(20-28)32-31(34(38)35(39)36(32)21-27-13-8-9-16-30(27)40-3)33(37)26-17-18-29(23(2)19-26)42-22-24-11-6-5-7-12-24/h5-20,32,37H,4,21-22H2,1-3H3/b33-31+. The molecule has 7 nitrogen and oxygen atoms in total. The molecule has 1 atom stereocenters. The summed E-state index contributed by atoms with van der Waals surface area (Å²) in [6.07, 6.45) is 0. The fourth-order valence-corrected chi connectivity index (χ4v) is 5.20. The van der Waals surface area contributed by atoms with Gasteiger partial charge in [0.25, 0.3) is 11.7 Å². The molecule has 1 fully saturated rings. The maximum atomic E-state index is 13.6. The third kappa shape index (κ3) is 5.86. The maximum absolute atomic E-state index is 13.6. The number of amides is 1. The third-order valence-corrected chi connectivity index (χ3v) is 7.24. The van der Waals surface area contributed by atoms with E-state index in [4.69, 9.17) is 14.2 Å². The Balaban J connectivity index is 1.55. The summed E-state index contributed by atoms with van der Waals surface area (Å²) >= 11 is 0. The molecule has 4 aromatic carbocycles. The van der Waals surface area contributed by atoms with Crippen LogP contribution in [-0.4, -0.2) is 35.4 Å². The van der Waals surface area contributed by atoms with Crippen molar-refractivity contribution in [2.75, 3.05) is 13.7 Å². The van der Waals surface area contributed by atoms with Crippen molar-refractivity contribution < 1.29 is 28.9 Å². The summed E-state index contributed by atoms with van der Waals surface area (Å²) in [6, 6.07) is 28.8. The monoisotopic (exact) mass is 563 g/mol. The lowest BCUT2D eigenvalue weighted by molar-refractivity contribution is -0.140. The number of Topliss-reactive ketones (excluding diaryl/α,β-unsaturated/α-hetero) is 1. The normalized spacial score (nSPS) is 16.0. The summed E-state index contributed by atoms with van der Waals surface area (Å²) in [5.74, 6) is 0.162.